The molecule has 0 aromatic rings. The van der Waals surface area contributed by atoms with Crippen molar-refractivity contribution in [2.45, 2.75) is 6.42 Å². The van der Waals surface area contributed by atoms with Gasteiger partial charge in [0.1, 0.15) is 5.94 Å². The van der Waals surface area contributed by atoms with Crippen molar-refractivity contribution >= 4 is 11.9 Å². The summed E-state index contributed by atoms with van der Waals surface area (Å²) in [5, 5.41) is 10.1. The summed E-state index contributed by atoms with van der Waals surface area (Å²) in [7, 11) is 0. The van der Waals surface area contributed by atoms with Crippen molar-refractivity contribution in [3.8, 4) is 0 Å². The molecule has 0 unspecified atom stereocenters. The van der Waals surface area contributed by atoms with Crippen LogP contribution in [0.15, 0.2) is 0 Å². The Balaban J connectivity index is 2.02. The van der Waals surface area contributed by atoms with Gasteiger partial charge in [0.2, 0.25) is 0 Å². The topological polar surface area (TPSA) is 32.4 Å². The van der Waals surface area contributed by atoms with Crippen molar-refractivity contribution in [2.24, 2.45) is 0 Å². The van der Waals surface area contributed by atoms with Crippen LogP contribution in [0, 0.1) is 0 Å². The molecule has 0 N–H and O–H groups in total. The van der Waals surface area contributed by atoms with Crippen LogP contribution in [0.1, 0.15) is 6.42 Å². The summed E-state index contributed by atoms with van der Waals surface area (Å²) in [6.45, 7) is 2.73. The fraction of sp³-hybridized carbons (Fsp3) is 1.00. The van der Waals surface area contributed by atoms with Gasteiger partial charge in [-0.3, -0.25) is 0 Å². The first-order valence-corrected chi connectivity index (χ1v) is 4.41. The lowest BCUT2D eigenvalue weighted by Gasteiger charge is -2.24. The van der Waals surface area contributed by atoms with Crippen molar-refractivity contribution in [1.82, 2.24) is 4.31 Å². The smallest absolute Gasteiger partial charge is 0.107 e. The normalized spacial score (nSPS) is 21.3. The number of ether oxygens (including phenoxy) is 1. The van der Waals surface area contributed by atoms with Crippen molar-refractivity contribution in [3.63, 3.8) is 0 Å². The van der Waals surface area contributed by atoms with E-state index in [4.69, 9.17) is 4.74 Å². The maximum absolute atomic E-state index is 10.1. The van der Waals surface area contributed by atoms with Gasteiger partial charge in [0, 0.05) is 13.1 Å². The summed E-state index contributed by atoms with van der Waals surface area (Å²) in [6, 6.07) is 0. The highest BCUT2D eigenvalue weighted by Crippen LogP contribution is 2.14. The minimum Gasteiger partial charge on any atom is -0.368 e. The van der Waals surface area contributed by atoms with Gasteiger partial charge in [0.05, 0.1) is 13.2 Å². The molecule has 10 heavy (non-hydrogen) atoms. The van der Waals surface area contributed by atoms with E-state index in [1.807, 2.05) is 0 Å². The van der Waals surface area contributed by atoms with Gasteiger partial charge in [-0.2, -0.15) is 0 Å². The number of rotatable bonds is 3. The molecule has 0 saturated carbocycles. The molecular weight excluding hydrogens is 150 g/mol. The molecule has 0 bridgehead atoms. The standard InChI is InChI=1S/C6H12NO2S/c8-4-1-2-7-3-5-9-6-10-7/h1-6H2. The molecule has 4 heteroatoms. The van der Waals surface area contributed by atoms with Crippen molar-refractivity contribution in [1.29, 1.82) is 0 Å². The number of hydrogen-bond acceptors (Lipinski definition) is 3. The van der Waals surface area contributed by atoms with E-state index in [1.54, 1.807) is 11.9 Å². The summed E-state index contributed by atoms with van der Waals surface area (Å²) in [4.78, 5) is 0. The first-order valence-electron chi connectivity index (χ1n) is 3.47. The van der Waals surface area contributed by atoms with Crippen LogP contribution in [0.2, 0.25) is 0 Å². The maximum Gasteiger partial charge on any atom is 0.107 e. The first-order chi connectivity index (χ1) is 4.93. The Labute approximate surface area is 65.5 Å². The molecule has 1 fully saturated rings. The molecule has 1 aliphatic heterocycles. The van der Waals surface area contributed by atoms with Crippen LogP contribution in [-0.4, -0.2) is 36.5 Å². The number of nitrogens with zero attached hydrogens (tertiary/aromatic N) is 1. The Bertz CT molecular complexity index is 85.8. The summed E-state index contributed by atoms with van der Waals surface area (Å²) >= 11 is 1.68. The van der Waals surface area contributed by atoms with Gasteiger partial charge in [-0.1, -0.05) is 11.9 Å². The van der Waals surface area contributed by atoms with E-state index in [2.05, 4.69) is 4.31 Å². The predicted molar refractivity (Wildman–Crippen MR) is 40.2 cm³/mol. The molecule has 0 spiro atoms. The van der Waals surface area contributed by atoms with Crippen molar-refractivity contribution in [2.75, 3.05) is 32.2 Å². The second kappa shape index (κ2) is 4.96. The third kappa shape index (κ3) is 2.88. The zero-order valence-electron chi connectivity index (χ0n) is 5.91. The molecule has 1 saturated heterocycles. The first kappa shape index (κ1) is 8.33. The Kier molecular flexibility index (Phi) is 4.13. The molecule has 1 rings (SSSR count). The van der Waals surface area contributed by atoms with Gasteiger partial charge < -0.3 is 4.74 Å². The predicted octanol–water partition coefficient (Wildman–Crippen LogP) is 0.745. The molecule has 0 aliphatic carbocycles. The van der Waals surface area contributed by atoms with Gasteiger partial charge >= 0.3 is 0 Å². The molecule has 3 nitrogen and oxygen atoms in total. The van der Waals surface area contributed by atoms with Crippen LogP contribution < -0.4 is 0 Å². The highest BCUT2D eigenvalue weighted by molar-refractivity contribution is 7.96. The maximum atomic E-state index is 10.1. The van der Waals surface area contributed by atoms with Crippen LogP contribution in [0.25, 0.3) is 0 Å². The summed E-state index contributed by atoms with van der Waals surface area (Å²) in [5.74, 6) is 0.749. The van der Waals surface area contributed by atoms with Gasteiger partial charge in [0.25, 0.3) is 0 Å². The van der Waals surface area contributed by atoms with E-state index in [-0.39, 0.29) is 6.61 Å². The SMILES string of the molecule is [O]CCCN1CCOCS1. The van der Waals surface area contributed by atoms with Crippen LogP contribution in [0.4, 0.5) is 0 Å². The van der Waals surface area contributed by atoms with Crippen LogP contribution in [-0.2, 0) is 9.84 Å². The fourth-order valence-electron chi connectivity index (χ4n) is 0.819. The fourth-order valence-corrected chi connectivity index (χ4v) is 1.62. The van der Waals surface area contributed by atoms with Crippen LogP contribution in [0.5, 0.6) is 0 Å². The largest absolute Gasteiger partial charge is 0.368 e. The third-order valence-corrected chi connectivity index (χ3v) is 2.36. The van der Waals surface area contributed by atoms with E-state index < -0.39 is 0 Å². The Morgan fingerprint density at radius 3 is 3.10 bits per heavy atom. The monoisotopic (exact) mass is 162 g/mol. The molecule has 0 aromatic carbocycles. The molecule has 0 amide bonds. The van der Waals surface area contributed by atoms with E-state index >= 15 is 0 Å². The molecule has 0 atom stereocenters. The average molecular weight is 162 g/mol. The van der Waals surface area contributed by atoms with Crippen LogP contribution >= 0.6 is 11.9 Å². The van der Waals surface area contributed by atoms with Crippen molar-refractivity contribution < 1.29 is 9.84 Å². The zero-order valence-corrected chi connectivity index (χ0v) is 6.73. The van der Waals surface area contributed by atoms with Gasteiger partial charge in [-0.15, -0.1) is 0 Å². The minimum absolute atomic E-state index is 0.0396. The molecule has 1 heterocycles. The molecule has 1 aliphatic rings. The van der Waals surface area contributed by atoms with Gasteiger partial charge in [-0.25, -0.2) is 9.41 Å². The van der Waals surface area contributed by atoms with Gasteiger partial charge in [-0.05, 0) is 6.42 Å². The summed E-state index contributed by atoms with van der Waals surface area (Å²) in [5.41, 5.74) is 0. The molecule has 0 aromatic heterocycles. The Hall–Kier alpha value is 0.230. The quantitative estimate of drug-likeness (QED) is 0.574. The second-order valence-corrected chi connectivity index (χ2v) is 3.15. The number of hydrogen-bond donors (Lipinski definition) is 0. The lowest BCUT2D eigenvalue weighted by molar-refractivity contribution is 0.138. The highest BCUT2D eigenvalue weighted by Gasteiger charge is 2.09. The lowest BCUT2D eigenvalue weighted by atomic mass is 10.4. The lowest BCUT2D eigenvalue weighted by Crippen LogP contribution is -2.27. The molecule has 59 valence electrons. The van der Waals surface area contributed by atoms with E-state index in [0.717, 1.165) is 32.1 Å². The van der Waals surface area contributed by atoms with E-state index in [0.29, 0.717) is 0 Å². The molecular formula is C6H12NO2S. The van der Waals surface area contributed by atoms with Crippen molar-refractivity contribution in [3.05, 3.63) is 0 Å². The second-order valence-electron chi connectivity index (χ2n) is 2.14. The Morgan fingerprint density at radius 2 is 2.50 bits per heavy atom. The van der Waals surface area contributed by atoms with E-state index in [1.165, 1.54) is 0 Å². The Morgan fingerprint density at radius 1 is 1.60 bits per heavy atom. The summed E-state index contributed by atoms with van der Waals surface area (Å²) in [6.07, 6.45) is 0.757. The summed E-state index contributed by atoms with van der Waals surface area (Å²) < 4.78 is 7.32. The average Bonchev–Trinajstić information content (AvgIpc) is 2.03. The minimum atomic E-state index is 0.0396. The molecule has 1 radical (unpaired) electrons. The highest BCUT2D eigenvalue weighted by atomic mass is 32.2. The third-order valence-electron chi connectivity index (χ3n) is 1.36. The van der Waals surface area contributed by atoms with Gasteiger partial charge in [0.15, 0.2) is 0 Å². The van der Waals surface area contributed by atoms with Crippen LogP contribution in [0.3, 0.4) is 0 Å². The zero-order chi connectivity index (χ0) is 7.23. The van der Waals surface area contributed by atoms with E-state index in [9.17, 15) is 5.11 Å².